The molecule has 0 fully saturated rings. The van der Waals surface area contributed by atoms with E-state index in [2.05, 4.69) is 23.2 Å². The molecular formula is C15H15NO. The van der Waals surface area contributed by atoms with Crippen molar-refractivity contribution in [2.75, 3.05) is 0 Å². The molecule has 1 aromatic heterocycles. The number of hydrogen-bond donors (Lipinski definition) is 2. The Hall–Kier alpha value is -2.06. The van der Waals surface area contributed by atoms with Crippen LogP contribution in [0.1, 0.15) is 5.56 Å². The SMILES string of the molecule is OCc1ccccc1.c1ccc2[nH]ccc2c1. The minimum atomic E-state index is 0.140. The number of H-pyrrole nitrogens is 1. The first-order valence-corrected chi connectivity index (χ1v) is 5.57. The zero-order valence-corrected chi connectivity index (χ0v) is 9.51. The highest BCUT2D eigenvalue weighted by Gasteiger charge is 1.86. The Kier molecular flexibility index (Phi) is 3.95. The summed E-state index contributed by atoms with van der Waals surface area (Å²) in [6.45, 7) is 0.140. The van der Waals surface area contributed by atoms with Crippen molar-refractivity contribution in [1.29, 1.82) is 0 Å². The zero-order valence-electron chi connectivity index (χ0n) is 9.51. The Labute approximate surface area is 101 Å². The van der Waals surface area contributed by atoms with Gasteiger partial charge in [-0.1, -0.05) is 48.5 Å². The van der Waals surface area contributed by atoms with E-state index in [4.69, 9.17) is 5.11 Å². The van der Waals surface area contributed by atoms with E-state index in [9.17, 15) is 0 Å². The molecule has 0 radical (unpaired) electrons. The lowest BCUT2D eigenvalue weighted by atomic mass is 10.2. The lowest BCUT2D eigenvalue weighted by molar-refractivity contribution is 0.282. The van der Waals surface area contributed by atoms with E-state index in [1.807, 2.05) is 48.7 Å². The van der Waals surface area contributed by atoms with Gasteiger partial charge >= 0.3 is 0 Å². The van der Waals surface area contributed by atoms with Gasteiger partial charge in [-0.2, -0.15) is 0 Å². The lowest BCUT2D eigenvalue weighted by Gasteiger charge is -1.89. The summed E-state index contributed by atoms with van der Waals surface area (Å²) in [6, 6.07) is 19.8. The molecule has 0 aliphatic carbocycles. The van der Waals surface area contributed by atoms with Crippen molar-refractivity contribution in [1.82, 2.24) is 4.98 Å². The van der Waals surface area contributed by atoms with E-state index in [1.165, 1.54) is 10.9 Å². The van der Waals surface area contributed by atoms with Gasteiger partial charge in [0.15, 0.2) is 0 Å². The quantitative estimate of drug-likeness (QED) is 0.654. The molecule has 0 saturated carbocycles. The molecule has 0 spiro atoms. The van der Waals surface area contributed by atoms with Crippen LogP contribution in [0.4, 0.5) is 0 Å². The van der Waals surface area contributed by atoms with Crippen LogP contribution in [0.3, 0.4) is 0 Å². The molecule has 2 N–H and O–H groups in total. The molecular weight excluding hydrogens is 210 g/mol. The summed E-state index contributed by atoms with van der Waals surface area (Å²) in [7, 11) is 0. The molecule has 2 nitrogen and oxygen atoms in total. The standard InChI is InChI=1S/C8H7N.C7H8O/c1-2-4-8-7(3-1)5-6-9-8;8-6-7-4-2-1-3-5-7/h1-6,9H;1-5,8H,6H2. The second-order valence-corrected chi connectivity index (χ2v) is 3.71. The Morgan fingerprint density at radius 3 is 2.18 bits per heavy atom. The monoisotopic (exact) mass is 225 g/mol. The number of aromatic amines is 1. The van der Waals surface area contributed by atoms with E-state index in [-0.39, 0.29) is 6.61 Å². The third-order valence-electron chi connectivity index (χ3n) is 2.49. The van der Waals surface area contributed by atoms with Gasteiger partial charge in [0.25, 0.3) is 0 Å². The van der Waals surface area contributed by atoms with Crippen molar-refractivity contribution in [3.63, 3.8) is 0 Å². The van der Waals surface area contributed by atoms with Crippen molar-refractivity contribution < 1.29 is 5.11 Å². The molecule has 2 heteroatoms. The molecule has 0 aliphatic heterocycles. The molecule has 86 valence electrons. The third-order valence-corrected chi connectivity index (χ3v) is 2.49. The van der Waals surface area contributed by atoms with Crippen molar-refractivity contribution in [2.45, 2.75) is 6.61 Å². The van der Waals surface area contributed by atoms with E-state index in [1.54, 1.807) is 0 Å². The Morgan fingerprint density at radius 2 is 1.53 bits per heavy atom. The first-order chi connectivity index (χ1) is 8.40. The van der Waals surface area contributed by atoms with Gasteiger partial charge in [0.2, 0.25) is 0 Å². The first-order valence-electron chi connectivity index (χ1n) is 5.57. The van der Waals surface area contributed by atoms with Gasteiger partial charge in [-0.15, -0.1) is 0 Å². The van der Waals surface area contributed by atoms with Crippen LogP contribution in [0.5, 0.6) is 0 Å². The zero-order chi connectivity index (χ0) is 11.9. The van der Waals surface area contributed by atoms with Gasteiger partial charge in [-0.05, 0) is 23.1 Å². The second kappa shape index (κ2) is 5.87. The molecule has 2 aromatic carbocycles. The van der Waals surface area contributed by atoms with Gasteiger partial charge in [0, 0.05) is 11.7 Å². The summed E-state index contributed by atoms with van der Waals surface area (Å²) >= 11 is 0. The van der Waals surface area contributed by atoms with Gasteiger partial charge in [0.1, 0.15) is 0 Å². The maximum Gasteiger partial charge on any atom is 0.0681 e. The smallest absolute Gasteiger partial charge is 0.0681 e. The number of aromatic nitrogens is 1. The highest BCUT2D eigenvalue weighted by atomic mass is 16.3. The van der Waals surface area contributed by atoms with E-state index >= 15 is 0 Å². The molecule has 0 saturated heterocycles. The molecule has 0 bridgehead atoms. The lowest BCUT2D eigenvalue weighted by Crippen LogP contribution is -1.77. The Balaban J connectivity index is 0.000000128. The maximum atomic E-state index is 8.54. The number of rotatable bonds is 1. The summed E-state index contributed by atoms with van der Waals surface area (Å²) in [6.07, 6.45) is 1.95. The molecule has 0 amide bonds. The van der Waals surface area contributed by atoms with Crippen molar-refractivity contribution >= 4 is 10.9 Å². The Morgan fingerprint density at radius 1 is 0.824 bits per heavy atom. The number of nitrogens with one attached hydrogen (secondary N) is 1. The molecule has 0 unspecified atom stereocenters. The number of para-hydroxylation sites is 1. The predicted octanol–water partition coefficient (Wildman–Crippen LogP) is 3.35. The fraction of sp³-hybridized carbons (Fsp3) is 0.0667. The van der Waals surface area contributed by atoms with Crippen molar-refractivity contribution in [2.24, 2.45) is 0 Å². The van der Waals surface area contributed by atoms with Crippen LogP contribution in [0.15, 0.2) is 66.9 Å². The number of benzene rings is 2. The minimum Gasteiger partial charge on any atom is -0.392 e. The van der Waals surface area contributed by atoms with Gasteiger partial charge < -0.3 is 10.1 Å². The van der Waals surface area contributed by atoms with Gasteiger partial charge in [-0.3, -0.25) is 0 Å². The number of fused-ring (bicyclic) bond motifs is 1. The van der Waals surface area contributed by atoms with Crippen molar-refractivity contribution in [3.05, 3.63) is 72.4 Å². The van der Waals surface area contributed by atoms with Gasteiger partial charge in [0.05, 0.1) is 6.61 Å². The maximum absolute atomic E-state index is 8.54. The molecule has 0 atom stereocenters. The summed E-state index contributed by atoms with van der Waals surface area (Å²) in [4.78, 5) is 3.12. The normalized spacial score (nSPS) is 9.71. The van der Waals surface area contributed by atoms with Crippen LogP contribution >= 0.6 is 0 Å². The van der Waals surface area contributed by atoms with Crippen LogP contribution in [0.25, 0.3) is 10.9 Å². The van der Waals surface area contributed by atoms with E-state index in [0.717, 1.165) is 5.56 Å². The first kappa shape index (κ1) is 11.4. The minimum absolute atomic E-state index is 0.140. The molecule has 17 heavy (non-hydrogen) atoms. The van der Waals surface area contributed by atoms with Gasteiger partial charge in [-0.25, -0.2) is 0 Å². The average molecular weight is 225 g/mol. The topological polar surface area (TPSA) is 36.0 Å². The summed E-state index contributed by atoms with van der Waals surface area (Å²) < 4.78 is 0. The summed E-state index contributed by atoms with van der Waals surface area (Å²) in [5, 5.41) is 9.81. The molecule has 0 aliphatic rings. The number of aliphatic hydroxyl groups is 1. The molecule has 1 heterocycles. The third kappa shape index (κ3) is 3.20. The summed E-state index contributed by atoms with van der Waals surface area (Å²) in [5.41, 5.74) is 2.17. The molecule has 3 aromatic rings. The van der Waals surface area contributed by atoms with Crippen LogP contribution in [0, 0.1) is 0 Å². The number of hydrogen-bond acceptors (Lipinski definition) is 1. The number of aliphatic hydroxyl groups excluding tert-OH is 1. The fourth-order valence-electron chi connectivity index (χ4n) is 1.58. The summed E-state index contributed by atoms with van der Waals surface area (Å²) in [5.74, 6) is 0. The van der Waals surface area contributed by atoms with Crippen LogP contribution in [-0.4, -0.2) is 10.1 Å². The average Bonchev–Trinajstić information content (AvgIpc) is 2.89. The highest BCUT2D eigenvalue weighted by Crippen LogP contribution is 2.09. The fourth-order valence-corrected chi connectivity index (χ4v) is 1.58. The largest absolute Gasteiger partial charge is 0.392 e. The Bertz CT molecular complexity index is 527. The van der Waals surface area contributed by atoms with Crippen molar-refractivity contribution in [3.8, 4) is 0 Å². The predicted molar refractivity (Wildman–Crippen MR) is 70.7 cm³/mol. The van der Waals surface area contributed by atoms with Crippen LogP contribution in [-0.2, 0) is 6.61 Å². The van der Waals surface area contributed by atoms with E-state index in [0.29, 0.717) is 0 Å². The highest BCUT2D eigenvalue weighted by molar-refractivity contribution is 5.78. The molecule has 3 rings (SSSR count). The van der Waals surface area contributed by atoms with Crippen LogP contribution in [0.2, 0.25) is 0 Å². The second-order valence-electron chi connectivity index (χ2n) is 3.71. The van der Waals surface area contributed by atoms with E-state index < -0.39 is 0 Å². The van der Waals surface area contributed by atoms with Crippen LogP contribution < -0.4 is 0 Å².